The van der Waals surface area contributed by atoms with E-state index in [0.717, 1.165) is 18.5 Å². The summed E-state index contributed by atoms with van der Waals surface area (Å²) >= 11 is 0. The molecule has 0 aromatic rings. The average Bonchev–Trinajstić information content (AvgIpc) is 2.39. The van der Waals surface area contributed by atoms with Crippen molar-refractivity contribution in [3.63, 3.8) is 0 Å². The number of piperidine rings is 1. The summed E-state index contributed by atoms with van der Waals surface area (Å²) in [4.78, 5) is 14.3. The van der Waals surface area contributed by atoms with Crippen LogP contribution in [-0.2, 0) is 9.53 Å². The van der Waals surface area contributed by atoms with Gasteiger partial charge in [-0.1, -0.05) is 19.8 Å². The minimum absolute atomic E-state index is 0.0191. The zero-order chi connectivity index (χ0) is 13.0. The normalized spacial score (nSPS) is 30.6. The summed E-state index contributed by atoms with van der Waals surface area (Å²) in [5, 5.41) is 0. The molecular weight excluding hydrogens is 226 g/mol. The number of ether oxygens (including phenoxy) is 1. The van der Waals surface area contributed by atoms with Crippen LogP contribution in [0.5, 0.6) is 0 Å². The standard InChI is InChI=1S/C15H27NO2/c1-3-18-15(17)12(2)11-16-10-6-8-13-7-4-5-9-14(13)16/h12-14H,3-11H2,1-2H3. The lowest BCUT2D eigenvalue weighted by atomic mass is 9.78. The Morgan fingerprint density at radius 1 is 1.28 bits per heavy atom. The fourth-order valence-electron chi connectivity index (χ4n) is 3.67. The van der Waals surface area contributed by atoms with Gasteiger partial charge < -0.3 is 4.74 Å². The fraction of sp³-hybridized carbons (Fsp3) is 0.933. The Kier molecular flexibility index (Phi) is 5.04. The summed E-state index contributed by atoms with van der Waals surface area (Å²) in [6.07, 6.45) is 8.20. The van der Waals surface area contributed by atoms with Crippen molar-refractivity contribution in [1.29, 1.82) is 0 Å². The first-order chi connectivity index (χ1) is 8.72. The van der Waals surface area contributed by atoms with E-state index in [-0.39, 0.29) is 11.9 Å². The summed E-state index contributed by atoms with van der Waals surface area (Å²) < 4.78 is 5.12. The van der Waals surface area contributed by atoms with Gasteiger partial charge in [-0.3, -0.25) is 9.69 Å². The lowest BCUT2D eigenvalue weighted by Gasteiger charge is -2.44. The van der Waals surface area contributed by atoms with E-state index in [2.05, 4.69) is 4.90 Å². The summed E-state index contributed by atoms with van der Waals surface area (Å²) in [6, 6.07) is 0.740. The SMILES string of the molecule is CCOC(=O)C(C)CN1CCCC2CCCCC21. The van der Waals surface area contributed by atoms with Gasteiger partial charge in [0.05, 0.1) is 12.5 Å². The van der Waals surface area contributed by atoms with E-state index in [4.69, 9.17) is 4.74 Å². The third-order valence-electron chi connectivity index (χ3n) is 4.56. The van der Waals surface area contributed by atoms with E-state index in [1.807, 2.05) is 13.8 Å². The molecule has 18 heavy (non-hydrogen) atoms. The van der Waals surface area contributed by atoms with Gasteiger partial charge in [-0.2, -0.15) is 0 Å². The Bertz CT molecular complexity index is 278. The van der Waals surface area contributed by atoms with Crippen LogP contribution in [0.2, 0.25) is 0 Å². The first kappa shape index (κ1) is 13.9. The minimum atomic E-state index is -0.0320. The molecule has 0 N–H and O–H groups in total. The van der Waals surface area contributed by atoms with Gasteiger partial charge in [-0.15, -0.1) is 0 Å². The smallest absolute Gasteiger partial charge is 0.309 e. The highest BCUT2D eigenvalue weighted by Crippen LogP contribution is 2.35. The van der Waals surface area contributed by atoms with E-state index >= 15 is 0 Å². The lowest BCUT2D eigenvalue weighted by Crippen LogP contribution is -2.49. The molecule has 0 radical (unpaired) electrons. The molecule has 2 rings (SSSR count). The lowest BCUT2D eigenvalue weighted by molar-refractivity contribution is -0.148. The molecule has 3 atom stereocenters. The molecule has 3 unspecified atom stereocenters. The molecule has 0 spiro atoms. The average molecular weight is 253 g/mol. The van der Waals surface area contributed by atoms with Crippen LogP contribution < -0.4 is 0 Å². The molecule has 0 aromatic heterocycles. The predicted molar refractivity (Wildman–Crippen MR) is 72.4 cm³/mol. The molecule has 0 bridgehead atoms. The van der Waals surface area contributed by atoms with Crippen molar-refractivity contribution in [3.05, 3.63) is 0 Å². The number of hydrogen-bond donors (Lipinski definition) is 0. The summed E-state index contributed by atoms with van der Waals surface area (Å²) in [5.41, 5.74) is 0. The van der Waals surface area contributed by atoms with Crippen molar-refractivity contribution in [2.45, 2.75) is 58.4 Å². The zero-order valence-corrected chi connectivity index (χ0v) is 11.9. The van der Waals surface area contributed by atoms with Gasteiger partial charge in [-0.25, -0.2) is 0 Å². The van der Waals surface area contributed by atoms with Gasteiger partial charge in [0, 0.05) is 12.6 Å². The predicted octanol–water partition coefficient (Wildman–Crippen LogP) is 2.84. The van der Waals surface area contributed by atoms with Crippen LogP contribution in [0, 0.1) is 11.8 Å². The van der Waals surface area contributed by atoms with Gasteiger partial charge in [0.2, 0.25) is 0 Å². The maximum atomic E-state index is 11.7. The monoisotopic (exact) mass is 253 g/mol. The molecule has 3 nitrogen and oxygen atoms in total. The molecule has 1 saturated carbocycles. The van der Waals surface area contributed by atoms with E-state index in [9.17, 15) is 4.79 Å². The van der Waals surface area contributed by atoms with E-state index < -0.39 is 0 Å². The molecule has 2 fully saturated rings. The molecular formula is C15H27NO2. The Labute approximate surface area is 111 Å². The number of fused-ring (bicyclic) bond motifs is 1. The fourth-order valence-corrected chi connectivity index (χ4v) is 3.67. The third-order valence-corrected chi connectivity index (χ3v) is 4.56. The van der Waals surface area contributed by atoms with E-state index in [1.165, 1.54) is 45.1 Å². The highest BCUT2D eigenvalue weighted by Gasteiger charge is 2.34. The zero-order valence-electron chi connectivity index (χ0n) is 11.9. The van der Waals surface area contributed by atoms with Crippen molar-refractivity contribution in [1.82, 2.24) is 4.90 Å². The molecule has 0 amide bonds. The summed E-state index contributed by atoms with van der Waals surface area (Å²) in [7, 11) is 0. The van der Waals surface area contributed by atoms with Gasteiger partial charge in [0.15, 0.2) is 0 Å². The minimum Gasteiger partial charge on any atom is -0.466 e. The molecule has 2 aliphatic rings. The van der Waals surface area contributed by atoms with Crippen LogP contribution >= 0.6 is 0 Å². The van der Waals surface area contributed by atoms with Crippen molar-refractivity contribution in [2.24, 2.45) is 11.8 Å². The van der Waals surface area contributed by atoms with Gasteiger partial charge >= 0.3 is 5.97 Å². The molecule has 0 aromatic carbocycles. The highest BCUT2D eigenvalue weighted by molar-refractivity contribution is 5.72. The first-order valence-electron chi connectivity index (χ1n) is 7.63. The highest BCUT2D eigenvalue weighted by atomic mass is 16.5. The third kappa shape index (κ3) is 3.25. The number of nitrogens with zero attached hydrogens (tertiary/aromatic N) is 1. The molecule has 1 aliphatic heterocycles. The van der Waals surface area contributed by atoms with Crippen LogP contribution in [0.1, 0.15) is 52.4 Å². The quantitative estimate of drug-likeness (QED) is 0.722. The van der Waals surface area contributed by atoms with Crippen LogP contribution in [0.25, 0.3) is 0 Å². The second-order valence-corrected chi connectivity index (χ2v) is 5.90. The molecule has 1 aliphatic carbocycles. The molecule has 104 valence electrons. The summed E-state index contributed by atoms with van der Waals surface area (Å²) in [6.45, 7) is 6.44. The Hall–Kier alpha value is -0.570. The van der Waals surface area contributed by atoms with Crippen LogP contribution in [0.15, 0.2) is 0 Å². The van der Waals surface area contributed by atoms with Crippen molar-refractivity contribution in [3.8, 4) is 0 Å². The first-order valence-corrected chi connectivity index (χ1v) is 7.63. The largest absolute Gasteiger partial charge is 0.466 e. The van der Waals surface area contributed by atoms with Crippen LogP contribution in [0.4, 0.5) is 0 Å². The van der Waals surface area contributed by atoms with E-state index in [1.54, 1.807) is 0 Å². The summed E-state index contributed by atoms with van der Waals surface area (Å²) in [5.74, 6) is 0.878. The second kappa shape index (κ2) is 6.55. The topological polar surface area (TPSA) is 29.5 Å². The number of hydrogen-bond acceptors (Lipinski definition) is 3. The molecule has 1 heterocycles. The number of carbonyl (C=O) groups is 1. The van der Waals surface area contributed by atoms with E-state index in [0.29, 0.717) is 6.61 Å². The van der Waals surface area contributed by atoms with Gasteiger partial charge in [-0.05, 0) is 45.1 Å². The van der Waals surface area contributed by atoms with Crippen LogP contribution in [0.3, 0.4) is 0 Å². The number of carbonyl (C=O) groups excluding carboxylic acids is 1. The molecule has 1 saturated heterocycles. The molecule has 3 heteroatoms. The number of rotatable bonds is 4. The Morgan fingerprint density at radius 3 is 2.78 bits per heavy atom. The van der Waals surface area contributed by atoms with Crippen molar-refractivity contribution in [2.75, 3.05) is 19.7 Å². The Balaban J connectivity index is 1.88. The van der Waals surface area contributed by atoms with Crippen LogP contribution in [-0.4, -0.2) is 36.6 Å². The Morgan fingerprint density at radius 2 is 2.00 bits per heavy atom. The number of esters is 1. The maximum Gasteiger partial charge on any atom is 0.309 e. The number of likely N-dealkylation sites (tertiary alicyclic amines) is 1. The van der Waals surface area contributed by atoms with Crippen molar-refractivity contribution >= 4 is 5.97 Å². The maximum absolute atomic E-state index is 11.7. The second-order valence-electron chi connectivity index (χ2n) is 5.90. The van der Waals surface area contributed by atoms with Crippen molar-refractivity contribution < 1.29 is 9.53 Å². The van der Waals surface area contributed by atoms with Gasteiger partial charge in [0.1, 0.15) is 0 Å². The van der Waals surface area contributed by atoms with Gasteiger partial charge in [0.25, 0.3) is 0 Å².